The first-order valence-corrected chi connectivity index (χ1v) is 8.90. The van der Waals surface area contributed by atoms with Gasteiger partial charge in [-0.15, -0.1) is 0 Å². The zero-order valence-electron chi connectivity index (χ0n) is 14.9. The Kier molecular flexibility index (Phi) is 5.54. The van der Waals surface area contributed by atoms with E-state index in [-0.39, 0.29) is 17.9 Å². The Bertz CT molecular complexity index is 930. The standard InChI is InChI=1S/C21H21F3N2O/c1-2-11-25-20(27)12-16(14-7-3-5-9-18(14)21(22,23)24)17-13-26-19-10-6-4-8-15(17)19/h3-10,13,16,26H,2,11-12H2,1H3,(H,25,27). The van der Waals surface area contributed by atoms with Crippen molar-refractivity contribution in [1.82, 2.24) is 10.3 Å². The highest BCUT2D eigenvalue weighted by Gasteiger charge is 2.36. The zero-order valence-corrected chi connectivity index (χ0v) is 14.9. The molecule has 6 heteroatoms. The second-order valence-electron chi connectivity index (χ2n) is 6.48. The van der Waals surface area contributed by atoms with Gasteiger partial charge in [0.2, 0.25) is 5.91 Å². The second kappa shape index (κ2) is 7.86. The molecular weight excluding hydrogens is 353 g/mol. The molecule has 1 heterocycles. The minimum absolute atomic E-state index is 0.0467. The molecule has 3 nitrogen and oxygen atoms in total. The SMILES string of the molecule is CCCNC(=O)CC(c1ccccc1C(F)(F)F)c1c[nH]c2ccccc12. The van der Waals surface area contributed by atoms with Crippen molar-refractivity contribution in [3.05, 3.63) is 71.4 Å². The molecule has 0 radical (unpaired) electrons. The number of H-pyrrole nitrogens is 1. The van der Waals surface area contributed by atoms with Crippen LogP contribution in [0.15, 0.2) is 54.7 Å². The minimum atomic E-state index is -4.49. The summed E-state index contributed by atoms with van der Waals surface area (Å²) in [6, 6.07) is 12.9. The third-order valence-corrected chi connectivity index (χ3v) is 4.60. The zero-order chi connectivity index (χ0) is 19.4. The van der Waals surface area contributed by atoms with E-state index in [1.807, 2.05) is 31.2 Å². The van der Waals surface area contributed by atoms with Gasteiger partial charge in [0.15, 0.2) is 0 Å². The normalized spacial score (nSPS) is 12.9. The highest BCUT2D eigenvalue weighted by atomic mass is 19.4. The highest BCUT2D eigenvalue weighted by molar-refractivity contribution is 5.86. The van der Waals surface area contributed by atoms with Crippen molar-refractivity contribution in [2.45, 2.75) is 31.9 Å². The Morgan fingerprint density at radius 1 is 1.07 bits per heavy atom. The second-order valence-corrected chi connectivity index (χ2v) is 6.48. The number of halogens is 3. The van der Waals surface area contributed by atoms with Crippen molar-refractivity contribution >= 4 is 16.8 Å². The predicted octanol–water partition coefficient (Wildman–Crippen LogP) is 5.23. The fourth-order valence-electron chi connectivity index (χ4n) is 3.35. The molecule has 0 aliphatic rings. The summed E-state index contributed by atoms with van der Waals surface area (Å²) in [7, 11) is 0. The summed E-state index contributed by atoms with van der Waals surface area (Å²) < 4.78 is 40.8. The lowest BCUT2D eigenvalue weighted by atomic mass is 9.85. The summed E-state index contributed by atoms with van der Waals surface area (Å²) in [5, 5.41) is 3.59. The van der Waals surface area contributed by atoms with Crippen molar-refractivity contribution < 1.29 is 18.0 Å². The van der Waals surface area contributed by atoms with Crippen molar-refractivity contribution in [2.24, 2.45) is 0 Å². The first-order chi connectivity index (χ1) is 12.9. The molecule has 0 saturated heterocycles. The molecule has 0 spiro atoms. The predicted molar refractivity (Wildman–Crippen MR) is 99.5 cm³/mol. The highest BCUT2D eigenvalue weighted by Crippen LogP contribution is 2.40. The summed E-state index contributed by atoms with van der Waals surface area (Å²) in [5.41, 5.74) is 0.926. The number of hydrogen-bond acceptors (Lipinski definition) is 1. The molecule has 0 aliphatic heterocycles. The van der Waals surface area contributed by atoms with E-state index in [2.05, 4.69) is 10.3 Å². The van der Waals surface area contributed by atoms with Crippen molar-refractivity contribution in [3.8, 4) is 0 Å². The first kappa shape index (κ1) is 19.0. The Morgan fingerprint density at radius 3 is 2.52 bits per heavy atom. The fraction of sp³-hybridized carbons (Fsp3) is 0.286. The monoisotopic (exact) mass is 374 g/mol. The summed E-state index contributed by atoms with van der Waals surface area (Å²) in [4.78, 5) is 15.5. The number of amides is 1. The number of nitrogens with one attached hydrogen (secondary N) is 2. The van der Waals surface area contributed by atoms with Crippen molar-refractivity contribution in [2.75, 3.05) is 6.54 Å². The average molecular weight is 374 g/mol. The van der Waals surface area contributed by atoms with Crippen LogP contribution in [0.25, 0.3) is 10.9 Å². The van der Waals surface area contributed by atoms with E-state index in [9.17, 15) is 18.0 Å². The summed E-state index contributed by atoms with van der Waals surface area (Å²) in [6.07, 6.45) is -2.06. The van der Waals surface area contributed by atoms with Gasteiger partial charge in [0.25, 0.3) is 0 Å². The molecule has 2 aromatic carbocycles. The van der Waals surface area contributed by atoms with E-state index in [0.717, 1.165) is 23.4 Å². The van der Waals surface area contributed by atoms with E-state index in [0.29, 0.717) is 12.1 Å². The molecule has 0 saturated carbocycles. The number of aromatic nitrogens is 1. The summed E-state index contributed by atoms with van der Waals surface area (Å²) >= 11 is 0. The number of aromatic amines is 1. The molecule has 2 N–H and O–H groups in total. The molecule has 27 heavy (non-hydrogen) atoms. The van der Waals surface area contributed by atoms with Gasteiger partial charge in [0.1, 0.15) is 0 Å². The number of alkyl halides is 3. The molecule has 3 aromatic rings. The maximum absolute atomic E-state index is 13.6. The molecule has 1 atom stereocenters. The van der Waals surface area contributed by atoms with Gasteiger partial charge in [-0.3, -0.25) is 4.79 Å². The lowest BCUT2D eigenvalue weighted by molar-refractivity contribution is -0.138. The smallest absolute Gasteiger partial charge is 0.361 e. The quantitative estimate of drug-likeness (QED) is 0.609. The topological polar surface area (TPSA) is 44.9 Å². The molecule has 0 aliphatic carbocycles. The van der Waals surface area contributed by atoms with Crippen LogP contribution in [0.4, 0.5) is 13.2 Å². The molecule has 0 fully saturated rings. The van der Waals surface area contributed by atoms with Crippen LogP contribution in [0.5, 0.6) is 0 Å². The van der Waals surface area contributed by atoms with Crippen molar-refractivity contribution in [3.63, 3.8) is 0 Å². The van der Waals surface area contributed by atoms with Gasteiger partial charge in [-0.1, -0.05) is 43.3 Å². The average Bonchev–Trinajstić information content (AvgIpc) is 3.07. The maximum Gasteiger partial charge on any atom is 0.416 e. The van der Waals surface area contributed by atoms with Crippen LogP contribution >= 0.6 is 0 Å². The number of carbonyl (C=O) groups is 1. The van der Waals surface area contributed by atoms with E-state index in [4.69, 9.17) is 0 Å². The van der Waals surface area contributed by atoms with E-state index in [1.54, 1.807) is 12.3 Å². The van der Waals surface area contributed by atoms with E-state index < -0.39 is 17.7 Å². The first-order valence-electron chi connectivity index (χ1n) is 8.90. The van der Waals surface area contributed by atoms with Gasteiger partial charge in [-0.05, 0) is 29.7 Å². The number of rotatable bonds is 6. The Balaban J connectivity index is 2.10. The number of para-hydroxylation sites is 1. The minimum Gasteiger partial charge on any atom is -0.361 e. The third kappa shape index (κ3) is 4.15. The largest absolute Gasteiger partial charge is 0.416 e. The van der Waals surface area contributed by atoms with Crippen LogP contribution < -0.4 is 5.32 Å². The fourth-order valence-corrected chi connectivity index (χ4v) is 3.35. The lowest BCUT2D eigenvalue weighted by Crippen LogP contribution is -2.26. The Morgan fingerprint density at radius 2 is 1.78 bits per heavy atom. The van der Waals surface area contributed by atoms with Gasteiger partial charge in [0.05, 0.1) is 5.56 Å². The third-order valence-electron chi connectivity index (χ3n) is 4.60. The maximum atomic E-state index is 13.6. The van der Waals surface area contributed by atoms with Crippen LogP contribution in [0.2, 0.25) is 0 Å². The number of hydrogen-bond donors (Lipinski definition) is 2. The summed E-state index contributed by atoms with van der Waals surface area (Å²) in [5.74, 6) is -0.958. The van der Waals surface area contributed by atoms with Crippen LogP contribution in [0, 0.1) is 0 Å². The molecule has 3 rings (SSSR count). The van der Waals surface area contributed by atoms with Gasteiger partial charge >= 0.3 is 6.18 Å². The van der Waals surface area contributed by atoms with Gasteiger partial charge < -0.3 is 10.3 Å². The van der Waals surface area contributed by atoms with Gasteiger partial charge in [-0.2, -0.15) is 13.2 Å². The molecule has 1 amide bonds. The Labute approximate surface area is 155 Å². The molecular formula is C21H21F3N2O. The number of carbonyl (C=O) groups excluding carboxylic acids is 1. The van der Waals surface area contributed by atoms with Gasteiger partial charge in [0, 0.05) is 36.0 Å². The van der Waals surface area contributed by atoms with Crippen LogP contribution in [0.1, 0.15) is 42.4 Å². The van der Waals surface area contributed by atoms with E-state index in [1.165, 1.54) is 12.1 Å². The lowest BCUT2D eigenvalue weighted by Gasteiger charge is -2.21. The molecule has 1 unspecified atom stereocenters. The number of fused-ring (bicyclic) bond motifs is 1. The van der Waals surface area contributed by atoms with Crippen LogP contribution in [-0.4, -0.2) is 17.4 Å². The molecule has 1 aromatic heterocycles. The van der Waals surface area contributed by atoms with Crippen LogP contribution in [-0.2, 0) is 11.0 Å². The van der Waals surface area contributed by atoms with Gasteiger partial charge in [-0.25, -0.2) is 0 Å². The Hall–Kier alpha value is -2.76. The number of benzene rings is 2. The molecule has 0 bridgehead atoms. The van der Waals surface area contributed by atoms with Crippen molar-refractivity contribution in [1.29, 1.82) is 0 Å². The molecule has 142 valence electrons. The van der Waals surface area contributed by atoms with Crippen LogP contribution in [0.3, 0.4) is 0 Å². The van der Waals surface area contributed by atoms with E-state index >= 15 is 0 Å². The summed E-state index contributed by atoms with van der Waals surface area (Å²) in [6.45, 7) is 2.43.